The standard InChI is InChI=1S/C16H14INO4/c1-10-2-3-11(16(20)21)8-14(10)18-15(19)9-22-13-6-4-12(17)5-7-13/h2-8H,9H2,1H3,(H,18,19)(H,20,21). The monoisotopic (exact) mass is 411 g/mol. The lowest BCUT2D eigenvalue weighted by molar-refractivity contribution is -0.118. The number of ether oxygens (including phenoxy) is 1. The topological polar surface area (TPSA) is 75.6 Å². The van der Waals surface area contributed by atoms with Crippen LogP contribution in [0.3, 0.4) is 0 Å². The third-order valence-corrected chi connectivity index (χ3v) is 3.66. The van der Waals surface area contributed by atoms with Crippen molar-refractivity contribution in [3.8, 4) is 5.75 Å². The number of nitrogens with one attached hydrogen (secondary N) is 1. The van der Waals surface area contributed by atoms with E-state index in [1.165, 1.54) is 12.1 Å². The first-order valence-electron chi connectivity index (χ1n) is 6.48. The van der Waals surface area contributed by atoms with Crippen LogP contribution in [0.4, 0.5) is 5.69 Å². The van der Waals surface area contributed by atoms with Crippen molar-refractivity contribution in [1.29, 1.82) is 0 Å². The molecule has 0 bridgehead atoms. The van der Waals surface area contributed by atoms with Gasteiger partial charge in [-0.3, -0.25) is 4.79 Å². The number of aryl methyl sites for hydroxylation is 1. The second-order valence-electron chi connectivity index (χ2n) is 4.63. The minimum absolute atomic E-state index is 0.124. The van der Waals surface area contributed by atoms with Gasteiger partial charge in [0.2, 0.25) is 0 Å². The molecule has 22 heavy (non-hydrogen) atoms. The Hall–Kier alpha value is -2.09. The van der Waals surface area contributed by atoms with Gasteiger partial charge in [0.05, 0.1) is 5.56 Å². The van der Waals surface area contributed by atoms with E-state index in [1.54, 1.807) is 25.1 Å². The molecule has 0 aromatic heterocycles. The lowest BCUT2D eigenvalue weighted by Gasteiger charge is -2.10. The van der Waals surface area contributed by atoms with Gasteiger partial charge < -0.3 is 15.2 Å². The van der Waals surface area contributed by atoms with Crippen LogP contribution in [-0.4, -0.2) is 23.6 Å². The van der Waals surface area contributed by atoms with Crippen molar-refractivity contribution in [3.63, 3.8) is 0 Å². The average molecular weight is 411 g/mol. The summed E-state index contributed by atoms with van der Waals surface area (Å²) in [7, 11) is 0. The smallest absolute Gasteiger partial charge is 0.335 e. The molecule has 114 valence electrons. The van der Waals surface area contributed by atoms with Crippen molar-refractivity contribution >= 4 is 40.2 Å². The molecule has 0 heterocycles. The van der Waals surface area contributed by atoms with Crippen molar-refractivity contribution in [2.75, 3.05) is 11.9 Å². The summed E-state index contributed by atoms with van der Waals surface area (Å²) in [5.74, 6) is -0.776. The van der Waals surface area contributed by atoms with Crippen LogP contribution >= 0.6 is 22.6 Å². The molecule has 0 aliphatic heterocycles. The van der Waals surface area contributed by atoms with Crippen LogP contribution in [0, 0.1) is 10.5 Å². The first-order valence-corrected chi connectivity index (χ1v) is 7.56. The van der Waals surface area contributed by atoms with E-state index >= 15 is 0 Å². The van der Waals surface area contributed by atoms with Crippen LogP contribution in [0.25, 0.3) is 0 Å². The highest BCUT2D eigenvalue weighted by Gasteiger charge is 2.09. The van der Waals surface area contributed by atoms with Gasteiger partial charge in [-0.05, 0) is 71.5 Å². The van der Waals surface area contributed by atoms with E-state index in [0.29, 0.717) is 11.4 Å². The maximum atomic E-state index is 11.9. The van der Waals surface area contributed by atoms with Crippen molar-refractivity contribution in [1.82, 2.24) is 0 Å². The number of carbonyl (C=O) groups is 2. The molecule has 2 rings (SSSR count). The second kappa shape index (κ2) is 7.26. The molecule has 1 amide bonds. The van der Waals surface area contributed by atoms with Crippen LogP contribution in [0.1, 0.15) is 15.9 Å². The highest BCUT2D eigenvalue weighted by molar-refractivity contribution is 14.1. The zero-order valence-corrected chi connectivity index (χ0v) is 14.0. The van der Waals surface area contributed by atoms with Gasteiger partial charge >= 0.3 is 5.97 Å². The fourth-order valence-electron chi connectivity index (χ4n) is 1.76. The molecular weight excluding hydrogens is 397 g/mol. The van der Waals surface area contributed by atoms with E-state index in [0.717, 1.165) is 9.13 Å². The molecule has 2 aromatic carbocycles. The molecule has 2 aromatic rings. The van der Waals surface area contributed by atoms with Gasteiger partial charge in [0.1, 0.15) is 5.75 Å². The van der Waals surface area contributed by atoms with Gasteiger partial charge in [-0.15, -0.1) is 0 Å². The van der Waals surface area contributed by atoms with Crippen LogP contribution in [0.5, 0.6) is 5.75 Å². The summed E-state index contributed by atoms with van der Waals surface area (Å²) in [6.45, 7) is 1.65. The molecule has 2 N–H and O–H groups in total. The van der Waals surface area contributed by atoms with E-state index in [9.17, 15) is 9.59 Å². The summed E-state index contributed by atoms with van der Waals surface area (Å²) in [5, 5.41) is 11.6. The fraction of sp³-hybridized carbons (Fsp3) is 0.125. The first kappa shape index (κ1) is 16.3. The second-order valence-corrected chi connectivity index (χ2v) is 5.87. The van der Waals surface area contributed by atoms with Gasteiger partial charge in [-0.25, -0.2) is 4.79 Å². The Morgan fingerprint density at radius 3 is 2.50 bits per heavy atom. The van der Waals surface area contributed by atoms with Crippen molar-refractivity contribution in [2.24, 2.45) is 0 Å². The molecule has 0 aliphatic rings. The van der Waals surface area contributed by atoms with Gasteiger partial charge in [0.15, 0.2) is 6.61 Å². The van der Waals surface area contributed by atoms with Gasteiger partial charge in [0, 0.05) is 9.26 Å². The van der Waals surface area contributed by atoms with Gasteiger partial charge in [0.25, 0.3) is 5.91 Å². The number of halogens is 1. The maximum absolute atomic E-state index is 11.9. The number of rotatable bonds is 5. The number of benzene rings is 2. The van der Waals surface area contributed by atoms with E-state index in [-0.39, 0.29) is 18.1 Å². The number of carboxylic acid groups (broad SMARTS) is 1. The molecule has 0 saturated carbocycles. The van der Waals surface area contributed by atoms with E-state index in [1.807, 2.05) is 12.1 Å². The van der Waals surface area contributed by atoms with E-state index < -0.39 is 5.97 Å². The molecule has 0 spiro atoms. The predicted molar refractivity (Wildman–Crippen MR) is 91.4 cm³/mol. The molecule has 0 unspecified atom stereocenters. The summed E-state index contributed by atoms with van der Waals surface area (Å²) in [5.41, 5.74) is 1.38. The predicted octanol–water partition coefficient (Wildman–Crippen LogP) is 3.32. The Kier molecular flexibility index (Phi) is 5.37. The highest BCUT2D eigenvalue weighted by atomic mass is 127. The Balaban J connectivity index is 1.98. The molecule has 5 nitrogen and oxygen atoms in total. The fourth-order valence-corrected chi connectivity index (χ4v) is 2.12. The Bertz CT molecular complexity index is 698. The third-order valence-electron chi connectivity index (χ3n) is 2.94. The third kappa shape index (κ3) is 4.45. The zero-order chi connectivity index (χ0) is 16.1. The lowest BCUT2D eigenvalue weighted by atomic mass is 10.1. The molecular formula is C16H14INO4. The summed E-state index contributed by atoms with van der Waals surface area (Å²) in [6.07, 6.45) is 0. The number of carboxylic acids is 1. The van der Waals surface area contributed by atoms with Crippen LogP contribution in [0.15, 0.2) is 42.5 Å². The molecule has 0 saturated heterocycles. The van der Waals surface area contributed by atoms with E-state index in [4.69, 9.17) is 9.84 Å². The largest absolute Gasteiger partial charge is 0.484 e. The normalized spacial score (nSPS) is 10.1. The Morgan fingerprint density at radius 2 is 1.86 bits per heavy atom. The molecule has 6 heteroatoms. The highest BCUT2D eigenvalue weighted by Crippen LogP contribution is 2.17. The number of carbonyl (C=O) groups excluding carboxylic acids is 1. The quantitative estimate of drug-likeness (QED) is 0.741. The molecule has 0 fully saturated rings. The number of hydrogen-bond acceptors (Lipinski definition) is 3. The van der Waals surface area contributed by atoms with Crippen molar-refractivity contribution in [2.45, 2.75) is 6.92 Å². The minimum Gasteiger partial charge on any atom is -0.484 e. The summed E-state index contributed by atoms with van der Waals surface area (Å²) in [4.78, 5) is 22.9. The Morgan fingerprint density at radius 1 is 1.18 bits per heavy atom. The van der Waals surface area contributed by atoms with Crippen LogP contribution < -0.4 is 10.1 Å². The SMILES string of the molecule is Cc1ccc(C(=O)O)cc1NC(=O)COc1ccc(I)cc1. The maximum Gasteiger partial charge on any atom is 0.335 e. The van der Waals surface area contributed by atoms with Gasteiger partial charge in [-0.1, -0.05) is 6.07 Å². The minimum atomic E-state index is -1.04. The van der Waals surface area contributed by atoms with Crippen LogP contribution in [0.2, 0.25) is 0 Å². The first-order chi connectivity index (χ1) is 10.5. The summed E-state index contributed by atoms with van der Waals surface area (Å²) < 4.78 is 6.46. The molecule has 0 atom stereocenters. The summed E-state index contributed by atoms with van der Waals surface area (Å²) in [6, 6.07) is 11.9. The van der Waals surface area contributed by atoms with Crippen LogP contribution in [-0.2, 0) is 4.79 Å². The number of amides is 1. The van der Waals surface area contributed by atoms with Crippen molar-refractivity contribution < 1.29 is 19.4 Å². The van der Waals surface area contributed by atoms with Gasteiger partial charge in [-0.2, -0.15) is 0 Å². The Labute approximate surface area is 141 Å². The average Bonchev–Trinajstić information content (AvgIpc) is 2.48. The molecule has 0 radical (unpaired) electrons. The molecule has 0 aliphatic carbocycles. The number of hydrogen-bond donors (Lipinski definition) is 2. The van der Waals surface area contributed by atoms with E-state index in [2.05, 4.69) is 27.9 Å². The van der Waals surface area contributed by atoms with Crippen molar-refractivity contribution in [3.05, 3.63) is 57.2 Å². The lowest BCUT2D eigenvalue weighted by Crippen LogP contribution is -2.21. The number of anilines is 1. The zero-order valence-electron chi connectivity index (χ0n) is 11.8. The summed E-state index contributed by atoms with van der Waals surface area (Å²) >= 11 is 2.18. The number of aromatic carboxylic acids is 1.